The summed E-state index contributed by atoms with van der Waals surface area (Å²) in [4.78, 5) is 7.78. The first-order valence-electron chi connectivity index (χ1n) is 14.0. The molecule has 2 saturated heterocycles. The minimum Gasteiger partial charge on any atom is -0.668 e. The van der Waals surface area contributed by atoms with Crippen molar-refractivity contribution in [2.24, 2.45) is 0 Å². The number of likely N-dealkylation sites (tertiary alicyclic amines) is 1. The molecule has 3 aliphatic rings. The van der Waals surface area contributed by atoms with Gasteiger partial charge in [0.2, 0.25) is 0 Å². The molecule has 0 N–H and O–H groups in total. The van der Waals surface area contributed by atoms with Crippen LogP contribution in [0, 0.1) is 42.4 Å². The number of fused-ring (bicyclic) bond motifs is 1. The van der Waals surface area contributed by atoms with Crippen molar-refractivity contribution in [3.8, 4) is 0 Å². The normalized spacial score (nSPS) is 18.2. The van der Waals surface area contributed by atoms with Gasteiger partial charge in [-0.05, 0) is 45.0 Å². The summed E-state index contributed by atoms with van der Waals surface area (Å²) in [6, 6.07) is 8.91. The fourth-order valence-corrected chi connectivity index (χ4v) is 16.6. The van der Waals surface area contributed by atoms with Crippen molar-refractivity contribution in [2.45, 2.75) is 104 Å². The Morgan fingerprint density at radius 1 is 0.757 bits per heavy atom. The maximum atomic E-state index is 5.22. The quantitative estimate of drug-likeness (QED) is 0.286. The molecule has 1 aromatic rings. The van der Waals surface area contributed by atoms with Gasteiger partial charge in [-0.1, -0.05) is 120 Å². The fraction of sp³-hybridized carbons (Fsp3) is 0.690. The van der Waals surface area contributed by atoms with E-state index in [9.17, 15) is 0 Å². The Morgan fingerprint density at radius 2 is 1.24 bits per heavy atom. The maximum absolute atomic E-state index is 5.22. The predicted molar refractivity (Wildman–Crippen MR) is 168 cm³/mol. The van der Waals surface area contributed by atoms with E-state index < -0.39 is 24.7 Å². The van der Waals surface area contributed by atoms with Gasteiger partial charge < -0.3 is 19.3 Å². The van der Waals surface area contributed by atoms with Crippen molar-refractivity contribution in [1.29, 1.82) is 0 Å². The first-order valence-corrected chi connectivity index (χ1v) is 23.8. The Morgan fingerprint density at radius 3 is 1.62 bits per heavy atom. The molecule has 0 unspecified atom stereocenters. The number of ether oxygens (including phenoxy) is 1. The Hall–Kier alpha value is 0.524. The molecule has 1 aromatic carbocycles. The molecule has 37 heavy (non-hydrogen) atoms. The summed E-state index contributed by atoms with van der Waals surface area (Å²) in [5.41, 5.74) is 5.81. The van der Waals surface area contributed by atoms with Crippen LogP contribution in [0.5, 0.6) is 0 Å². The second-order valence-corrected chi connectivity index (χ2v) is 27.3. The molecule has 2 heterocycles. The van der Waals surface area contributed by atoms with Gasteiger partial charge in [0, 0.05) is 74.4 Å². The summed E-state index contributed by atoms with van der Waals surface area (Å²) in [6.45, 7) is 29.6. The zero-order valence-electron chi connectivity index (χ0n) is 25.6. The van der Waals surface area contributed by atoms with Crippen LogP contribution in [-0.2, 0) is 4.74 Å². The average Bonchev–Trinajstić information content (AvgIpc) is 3.45. The molecular weight excluding hydrogens is 666 g/mol. The third-order valence-corrected chi connectivity index (χ3v) is 14.3. The Labute approximate surface area is 262 Å². The number of hydrogen-bond acceptors (Lipinski definition) is 2. The second-order valence-electron chi connectivity index (χ2n) is 13.8. The molecule has 2 fully saturated rings. The molecular formula is C29H54LuN3OSi3-2. The third-order valence-electron chi connectivity index (χ3n) is 5.99. The molecule has 220 valence electrons. The molecule has 4 nitrogen and oxygen atoms in total. The third kappa shape index (κ3) is 13.2. The molecule has 2 aliphatic heterocycles. The van der Waals surface area contributed by atoms with Crippen LogP contribution in [-0.4, -0.2) is 61.4 Å². The summed E-state index contributed by atoms with van der Waals surface area (Å²) in [7, 11) is -4.02. The van der Waals surface area contributed by atoms with Gasteiger partial charge in [0.1, 0.15) is 0 Å². The van der Waals surface area contributed by atoms with Crippen LogP contribution in [0.2, 0.25) is 52.4 Å². The van der Waals surface area contributed by atoms with Crippen LogP contribution in [0.25, 0.3) is 15.3 Å². The Bertz CT molecular complexity index is 828. The smallest absolute Gasteiger partial charge is 0.0466 e. The summed E-state index contributed by atoms with van der Waals surface area (Å²) in [6.07, 6.45) is 7.65. The number of hydrogen-bond donors (Lipinski definition) is 0. The van der Waals surface area contributed by atoms with Crippen molar-refractivity contribution in [2.75, 3.05) is 26.3 Å². The summed E-state index contributed by atoms with van der Waals surface area (Å²) < 4.78 is 9.76. The van der Waals surface area contributed by atoms with Crippen molar-refractivity contribution < 1.29 is 41.6 Å². The van der Waals surface area contributed by atoms with E-state index in [4.69, 9.17) is 14.4 Å². The van der Waals surface area contributed by atoms with Gasteiger partial charge in [0.15, 0.2) is 0 Å². The van der Waals surface area contributed by atoms with E-state index in [-0.39, 0.29) is 42.4 Å². The average molecular weight is 720 g/mol. The molecule has 0 amide bonds. The van der Waals surface area contributed by atoms with Crippen LogP contribution in [0.4, 0.5) is 0 Å². The number of allylic oxidation sites excluding steroid dienone is 1. The van der Waals surface area contributed by atoms with E-state index in [2.05, 4.69) is 108 Å². The number of nitrogens with zero attached hydrogens (tertiary/aromatic N) is 3. The Kier molecular flexibility index (Phi) is 14.4. The van der Waals surface area contributed by atoms with E-state index in [1.54, 1.807) is 0 Å². The van der Waals surface area contributed by atoms with Crippen molar-refractivity contribution in [1.82, 2.24) is 4.90 Å². The van der Waals surface area contributed by atoms with E-state index >= 15 is 0 Å². The first kappa shape index (κ1) is 35.6. The molecule has 0 bridgehead atoms. The topological polar surface area (TPSA) is 40.7 Å². The van der Waals surface area contributed by atoms with Gasteiger partial charge in [-0.25, -0.2) is 0 Å². The minimum atomic E-state index is -1.81. The van der Waals surface area contributed by atoms with Crippen molar-refractivity contribution in [3.05, 3.63) is 56.6 Å². The van der Waals surface area contributed by atoms with Gasteiger partial charge in [-0.2, -0.15) is 0 Å². The predicted octanol–water partition coefficient (Wildman–Crippen LogP) is 8.80. The minimum absolute atomic E-state index is 0. The maximum Gasteiger partial charge on any atom is 0.0466 e. The number of rotatable bonds is 5. The van der Waals surface area contributed by atoms with Crippen LogP contribution in [0.3, 0.4) is 0 Å². The van der Waals surface area contributed by atoms with Gasteiger partial charge in [-0.3, -0.25) is 0 Å². The SMILES string of the molecule is C1CCOC1.CC(C)(C)[N-][Si](C)(C)[C]1C=C(N2CCCC2)c2ccccc21.C[Si](C)(C)[N-][Si](C)(C)C.[Lu]. The van der Waals surface area contributed by atoms with Gasteiger partial charge >= 0.3 is 0 Å². The fourth-order valence-electron chi connectivity index (χ4n) is 5.37. The van der Waals surface area contributed by atoms with Gasteiger partial charge in [0.05, 0.1) is 0 Å². The zero-order chi connectivity index (χ0) is 27.2. The molecule has 0 spiro atoms. The van der Waals surface area contributed by atoms with E-state index in [0.29, 0.717) is 0 Å². The molecule has 2 radical (unpaired) electrons. The van der Waals surface area contributed by atoms with Crippen LogP contribution in [0.1, 0.15) is 57.6 Å². The number of benzene rings is 1. The monoisotopic (exact) mass is 719 g/mol. The summed E-state index contributed by atoms with van der Waals surface area (Å²) >= 11 is 0. The Balaban J connectivity index is 0.000000378. The van der Waals surface area contributed by atoms with Crippen molar-refractivity contribution >= 4 is 30.4 Å². The first-order chi connectivity index (χ1) is 16.5. The standard InChI is InChI=1S/C19H28N2Si.C6H18NSi2.C4H8O.Lu/c1-19(2,3)20-22(4,5)18-14-17(21-12-8-9-13-21)15-10-6-7-11-16(15)18;1-8(2,3)7-9(4,5)6;1-2-4-5-3-1;/h6-7,10-11,14H,8-9,12-13H2,1-5H3;1-6H3;1-4H2;/q2*-1;;. The molecule has 0 aromatic heterocycles. The summed E-state index contributed by atoms with van der Waals surface area (Å²) in [5, 5.41) is 0. The molecule has 1 aliphatic carbocycles. The second kappa shape index (κ2) is 15.0. The molecule has 0 saturated carbocycles. The van der Waals surface area contributed by atoms with Crippen LogP contribution < -0.4 is 0 Å². The molecule has 0 atom stereocenters. The molecule has 4 rings (SSSR count). The van der Waals surface area contributed by atoms with Crippen LogP contribution >= 0.6 is 0 Å². The van der Waals surface area contributed by atoms with Gasteiger partial charge in [0.25, 0.3) is 0 Å². The largest absolute Gasteiger partial charge is 0.668 e. The van der Waals surface area contributed by atoms with Gasteiger partial charge in [-0.15, -0.1) is 5.54 Å². The van der Waals surface area contributed by atoms with Crippen molar-refractivity contribution in [3.63, 3.8) is 0 Å². The summed E-state index contributed by atoms with van der Waals surface area (Å²) in [5.74, 6) is 0. The zero-order valence-corrected chi connectivity index (χ0v) is 30.2. The van der Waals surface area contributed by atoms with E-state index in [1.165, 1.54) is 61.1 Å². The van der Waals surface area contributed by atoms with E-state index in [0.717, 1.165) is 13.2 Å². The molecule has 8 heteroatoms. The van der Waals surface area contributed by atoms with Crippen LogP contribution in [0.15, 0.2) is 30.3 Å². The van der Waals surface area contributed by atoms with E-state index in [1.807, 2.05) is 0 Å².